The van der Waals surface area contributed by atoms with Crippen LogP contribution in [0.2, 0.25) is 5.02 Å². The zero-order chi connectivity index (χ0) is 12.3. The highest BCUT2D eigenvalue weighted by Crippen LogP contribution is 2.28. The number of nitrogens with one attached hydrogen (secondary N) is 1. The van der Waals surface area contributed by atoms with E-state index in [1.165, 1.54) is 6.07 Å². The first-order chi connectivity index (χ1) is 8.18. The van der Waals surface area contributed by atoms with Gasteiger partial charge in [-0.1, -0.05) is 17.7 Å². The molecule has 1 heterocycles. The molecule has 0 amide bonds. The van der Waals surface area contributed by atoms with E-state index < -0.39 is 5.82 Å². The molecule has 3 N–H and O–H groups in total. The van der Waals surface area contributed by atoms with Crippen molar-refractivity contribution in [2.75, 3.05) is 11.1 Å². The van der Waals surface area contributed by atoms with E-state index in [0.717, 1.165) is 5.69 Å². The van der Waals surface area contributed by atoms with Crippen LogP contribution in [0.25, 0.3) is 0 Å². The minimum absolute atomic E-state index is 0.0442. The predicted octanol–water partition coefficient (Wildman–Crippen LogP) is 3.07. The normalized spacial score (nSPS) is 10.2. The van der Waals surface area contributed by atoms with E-state index in [-0.39, 0.29) is 10.7 Å². The molecule has 0 aliphatic carbocycles. The number of rotatable bonds is 3. The van der Waals surface area contributed by atoms with Gasteiger partial charge in [-0.3, -0.25) is 4.98 Å². The Labute approximate surface area is 103 Å². The zero-order valence-electron chi connectivity index (χ0n) is 8.95. The molecule has 88 valence electrons. The van der Waals surface area contributed by atoms with Crippen molar-refractivity contribution in [1.29, 1.82) is 0 Å². The second-order valence-corrected chi connectivity index (χ2v) is 3.91. The van der Waals surface area contributed by atoms with Crippen molar-refractivity contribution in [1.82, 2.24) is 4.98 Å². The topological polar surface area (TPSA) is 50.9 Å². The van der Waals surface area contributed by atoms with E-state index in [4.69, 9.17) is 17.3 Å². The highest BCUT2D eigenvalue weighted by atomic mass is 35.5. The van der Waals surface area contributed by atoms with E-state index in [1.54, 1.807) is 12.3 Å². The molecule has 0 radical (unpaired) electrons. The largest absolute Gasteiger partial charge is 0.397 e. The van der Waals surface area contributed by atoms with Crippen LogP contribution in [0.3, 0.4) is 0 Å². The Bertz CT molecular complexity index is 517. The molecule has 1 aromatic carbocycles. The minimum Gasteiger partial charge on any atom is -0.397 e. The van der Waals surface area contributed by atoms with Gasteiger partial charge in [0.2, 0.25) is 0 Å². The third kappa shape index (κ3) is 2.65. The van der Waals surface area contributed by atoms with Crippen molar-refractivity contribution < 1.29 is 4.39 Å². The monoisotopic (exact) mass is 251 g/mol. The first-order valence-electron chi connectivity index (χ1n) is 5.05. The van der Waals surface area contributed by atoms with Crippen LogP contribution in [0.4, 0.5) is 15.8 Å². The lowest BCUT2D eigenvalue weighted by Crippen LogP contribution is -2.06. The van der Waals surface area contributed by atoms with Crippen molar-refractivity contribution in [3.8, 4) is 0 Å². The highest BCUT2D eigenvalue weighted by molar-refractivity contribution is 6.31. The maximum absolute atomic E-state index is 13.7. The number of hydrogen-bond acceptors (Lipinski definition) is 3. The standard InChI is InChI=1S/C12H11ClFN3/c13-9-4-5-10(15)12(11(9)14)17-7-8-3-1-2-6-16-8/h1-6,17H,7,15H2. The molecular formula is C12H11ClFN3. The summed E-state index contributed by atoms with van der Waals surface area (Å²) < 4.78 is 13.7. The van der Waals surface area contributed by atoms with Crippen molar-refractivity contribution in [3.05, 3.63) is 53.1 Å². The fourth-order valence-corrected chi connectivity index (χ4v) is 1.58. The third-order valence-corrected chi connectivity index (χ3v) is 2.59. The number of nitrogen functional groups attached to an aromatic ring is 1. The number of aromatic nitrogens is 1. The number of nitrogens with zero attached hydrogens (tertiary/aromatic N) is 1. The summed E-state index contributed by atoms with van der Waals surface area (Å²) in [5.74, 6) is -0.539. The summed E-state index contributed by atoms with van der Waals surface area (Å²) in [4.78, 5) is 4.12. The van der Waals surface area contributed by atoms with Crippen LogP contribution in [0, 0.1) is 5.82 Å². The number of hydrogen-bond donors (Lipinski definition) is 2. The molecular weight excluding hydrogens is 241 g/mol. The summed E-state index contributed by atoms with van der Waals surface area (Å²) in [6.45, 7) is 0.391. The first kappa shape index (κ1) is 11.7. The van der Waals surface area contributed by atoms with Gasteiger partial charge in [0.05, 0.1) is 28.6 Å². The van der Waals surface area contributed by atoms with Gasteiger partial charge in [-0.15, -0.1) is 0 Å². The van der Waals surface area contributed by atoms with Gasteiger partial charge in [-0.05, 0) is 24.3 Å². The molecule has 0 fully saturated rings. The van der Waals surface area contributed by atoms with E-state index in [1.807, 2.05) is 18.2 Å². The molecule has 5 heteroatoms. The summed E-state index contributed by atoms with van der Waals surface area (Å²) in [7, 11) is 0. The maximum Gasteiger partial charge on any atom is 0.166 e. The van der Waals surface area contributed by atoms with Crippen molar-refractivity contribution >= 4 is 23.0 Å². The Morgan fingerprint density at radius 1 is 1.29 bits per heavy atom. The highest BCUT2D eigenvalue weighted by Gasteiger charge is 2.10. The number of pyridine rings is 1. The summed E-state index contributed by atoms with van der Waals surface area (Å²) in [6, 6.07) is 8.51. The summed E-state index contributed by atoms with van der Waals surface area (Å²) in [5, 5.41) is 2.94. The minimum atomic E-state index is -0.539. The van der Waals surface area contributed by atoms with Crippen molar-refractivity contribution in [2.24, 2.45) is 0 Å². The Morgan fingerprint density at radius 3 is 2.82 bits per heavy atom. The van der Waals surface area contributed by atoms with E-state index in [2.05, 4.69) is 10.3 Å². The van der Waals surface area contributed by atoms with Crippen molar-refractivity contribution in [2.45, 2.75) is 6.54 Å². The lowest BCUT2D eigenvalue weighted by Gasteiger charge is -2.10. The van der Waals surface area contributed by atoms with Crippen LogP contribution in [-0.2, 0) is 6.54 Å². The molecule has 17 heavy (non-hydrogen) atoms. The van der Waals surface area contributed by atoms with Gasteiger partial charge in [0.25, 0.3) is 0 Å². The summed E-state index contributed by atoms with van der Waals surface area (Å²) in [5.41, 5.74) is 7.00. The molecule has 1 aromatic heterocycles. The maximum atomic E-state index is 13.7. The van der Waals surface area contributed by atoms with Crippen LogP contribution in [0.5, 0.6) is 0 Å². The molecule has 0 saturated heterocycles. The lowest BCUT2D eigenvalue weighted by molar-refractivity contribution is 0.631. The van der Waals surface area contributed by atoms with E-state index in [0.29, 0.717) is 12.2 Å². The molecule has 0 bridgehead atoms. The first-order valence-corrected chi connectivity index (χ1v) is 5.43. The van der Waals surface area contributed by atoms with Gasteiger partial charge in [0.1, 0.15) is 0 Å². The molecule has 0 atom stereocenters. The van der Waals surface area contributed by atoms with Crippen LogP contribution in [-0.4, -0.2) is 4.98 Å². The number of benzene rings is 1. The van der Waals surface area contributed by atoms with E-state index in [9.17, 15) is 4.39 Å². The third-order valence-electron chi connectivity index (χ3n) is 2.30. The average molecular weight is 252 g/mol. The fraction of sp³-hybridized carbons (Fsp3) is 0.0833. The summed E-state index contributed by atoms with van der Waals surface area (Å²) in [6.07, 6.45) is 1.68. The summed E-state index contributed by atoms with van der Waals surface area (Å²) >= 11 is 5.68. The number of anilines is 2. The molecule has 0 unspecified atom stereocenters. The predicted molar refractivity (Wildman–Crippen MR) is 67.4 cm³/mol. The van der Waals surface area contributed by atoms with E-state index >= 15 is 0 Å². The molecule has 0 aliphatic rings. The Balaban J connectivity index is 2.17. The molecule has 2 aromatic rings. The SMILES string of the molecule is Nc1ccc(Cl)c(F)c1NCc1ccccn1. The van der Waals surface area contributed by atoms with Gasteiger partial charge in [0.15, 0.2) is 5.82 Å². The molecule has 0 saturated carbocycles. The van der Waals surface area contributed by atoms with Gasteiger partial charge in [-0.2, -0.15) is 0 Å². The molecule has 3 nitrogen and oxygen atoms in total. The number of halogens is 2. The van der Waals surface area contributed by atoms with Crippen LogP contribution in [0.1, 0.15) is 5.69 Å². The zero-order valence-corrected chi connectivity index (χ0v) is 9.71. The van der Waals surface area contributed by atoms with Crippen LogP contribution in [0.15, 0.2) is 36.5 Å². The quantitative estimate of drug-likeness (QED) is 0.825. The average Bonchev–Trinajstić information content (AvgIpc) is 2.35. The molecule has 0 aliphatic heterocycles. The fourth-order valence-electron chi connectivity index (χ4n) is 1.43. The van der Waals surface area contributed by atoms with Crippen LogP contribution >= 0.6 is 11.6 Å². The molecule has 0 spiro atoms. The van der Waals surface area contributed by atoms with Crippen molar-refractivity contribution in [3.63, 3.8) is 0 Å². The molecule has 2 rings (SSSR count). The van der Waals surface area contributed by atoms with Gasteiger partial charge in [0, 0.05) is 6.20 Å². The Hall–Kier alpha value is -1.81. The number of nitrogens with two attached hydrogens (primary N) is 1. The van der Waals surface area contributed by atoms with Gasteiger partial charge in [-0.25, -0.2) is 4.39 Å². The van der Waals surface area contributed by atoms with Crippen LogP contribution < -0.4 is 11.1 Å². The second kappa shape index (κ2) is 5.01. The second-order valence-electron chi connectivity index (χ2n) is 3.50. The van der Waals surface area contributed by atoms with Gasteiger partial charge >= 0.3 is 0 Å². The Morgan fingerprint density at radius 2 is 2.12 bits per heavy atom. The lowest BCUT2D eigenvalue weighted by atomic mass is 10.2. The Kier molecular flexibility index (Phi) is 3.44. The smallest absolute Gasteiger partial charge is 0.166 e. The van der Waals surface area contributed by atoms with Gasteiger partial charge < -0.3 is 11.1 Å².